The van der Waals surface area contributed by atoms with Gasteiger partial charge in [-0.25, -0.2) is 9.59 Å². The molecule has 0 aliphatic carbocycles. The third-order valence-corrected chi connectivity index (χ3v) is 3.18. The molecule has 8 nitrogen and oxygen atoms in total. The minimum absolute atomic E-state index is 0.148. The summed E-state index contributed by atoms with van der Waals surface area (Å²) in [5.74, 6) is -1.20. The van der Waals surface area contributed by atoms with Gasteiger partial charge >= 0.3 is 12.1 Å². The van der Waals surface area contributed by atoms with E-state index in [1.807, 2.05) is 0 Å². The molecule has 0 saturated carbocycles. The molecule has 1 aliphatic rings. The Bertz CT molecular complexity index is 575. The van der Waals surface area contributed by atoms with Crippen molar-refractivity contribution in [2.75, 3.05) is 6.54 Å². The number of nitrogens with zero attached hydrogens (tertiary/aromatic N) is 3. The molecule has 2 N–H and O–H groups in total. The number of β-amino-alcohol motifs (C(OH)–C–C–N with tert-alkyl or cyclic N) is 1. The maximum absolute atomic E-state index is 12.2. The molecule has 0 aromatic carbocycles. The molecular formula is C13H19N3O5. The number of aryl methyl sites for hydroxylation is 1. The number of fused-ring (bicyclic) bond motifs is 1. The summed E-state index contributed by atoms with van der Waals surface area (Å²) < 4.78 is 6.58. The molecule has 21 heavy (non-hydrogen) atoms. The van der Waals surface area contributed by atoms with Crippen LogP contribution in [0.15, 0.2) is 6.20 Å². The van der Waals surface area contributed by atoms with Crippen molar-refractivity contribution in [3.8, 4) is 0 Å². The second-order valence-corrected chi connectivity index (χ2v) is 6.00. The van der Waals surface area contributed by atoms with E-state index in [0.29, 0.717) is 5.56 Å². The third kappa shape index (κ3) is 2.85. The number of carbonyl (C=O) groups is 2. The summed E-state index contributed by atoms with van der Waals surface area (Å²) in [6, 6.07) is -1.23. The van der Waals surface area contributed by atoms with Gasteiger partial charge in [0.2, 0.25) is 0 Å². The number of carbonyl (C=O) groups excluding carboxylic acids is 1. The second-order valence-electron chi connectivity index (χ2n) is 6.00. The Morgan fingerprint density at radius 3 is 2.57 bits per heavy atom. The first-order chi connectivity index (χ1) is 9.61. The van der Waals surface area contributed by atoms with E-state index >= 15 is 0 Å². The number of ether oxygens (including phenoxy) is 1. The van der Waals surface area contributed by atoms with E-state index in [4.69, 9.17) is 4.74 Å². The van der Waals surface area contributed by atoms with Gasteiger partial charge < -0.3 is 14.9 Å². The Kier molecular flexibility index (Phi) is 3.66. The lowest BCUT2D eigenvalue weighted by atomic mass is 9.98. The Balaban J connectivity index is 2.41. The van der Waals surface area contributed by atoms with E-state index in [0.717, 1.165) is 4.90 Å². The number of aromatic nitrogens is 2. The van der Waals surface area contributed by atoms with Gasteiger partial charge in [-0.1, -0.05) is 0 Å². The molecular weight excluding hydrogens is 278 g/mol. The molecule has 0 fully saturated rings. The molecule has 116 valence electrons. The van der Waals surface area contributed by atoms with Crippen molar-refractivity contribution in [3.63, 3.8) is 0 Å². The fraction of sp³-hybridized carbons (Fsp3) is 0.615. The van der Waals surface area contributed by atoms with E-state index in [9.17, 15) is 19.8 Å². The van der Waals surface area contributed by atoms with Gasteiger partial charge in [-0.3, -0.25) is 9.58 Å². The lowest BCUT2D eigenvalue weighted by Crippen LogP contribution is -2.47. The Morgan fingerprint density at radius 1 is 1.43 bits per heavy atom. The summed E-state index contributed by atoms with van der Waals surface area (Å²) >= 11 is 0. The smallest absolute Gasteiger partial charge is 0.411 e. The molecule has 1 amide bonds. The zero-order valence-corrected chi connectivity index (χ0v) is 12.4. The molecule has 0 radical (unpaired) electrons. The van der Waals surface area contributed by atoms with Crippen LogP contribution >= 0.6 is 0 Å². The number of aliphatic carboxylic acids is 1. The van der Waals surface area contributed by atoms with Crippen molar-refractivity contribution in [1.82, 2.24) is 14.7 Å². The maximum atomic E-state index is 12.2. The second kappa shape index (κ2) is 5.03. The molecule has 2 unspecified atom stereocenters. The van der Waals surface area contributed by atoms with Gasteiger partial charge in [-0.2, -0.15) is 5.10 Å². The first-order valence-electron chi connectivity index (χ1n) is 6.54. The molecule has 2 atom stereocenters. The summed E-state index contributed by atoms with van der Waals surface area (Å²) in [6.45, 7) is 4.92. The third-order valence-electron chi connectivity index (χ3n) is 3.18. The van der Waals surface area contributed by atoms with Crippen LogP contribution in [0.5, 0.6) is 0 Å². The molecule has 1 aromatic heterocycles. The van der Waals surface area contributed by atoms with E-state index in [-0.39, 0.29) is 12.2 Å². The SMILES string of the molecule is Cn1ncc2c1C(C(=O)O)N(C(=O)OC(C)(C)C)CC2O. The fourth-order valence-electron chi connectivity index (χ4n) is 2.34. The zero-order chi connectivity index (χ0) is 15.9. The summed E-state index contributed by atoms with van der Waals surface area (Å²) in [5, 5.41) is 23.5. The van der Waals surface area contributed by atoms with Crippen molar-refractivity contribution in [1.29, 1.82) is 0 Å². The standard InChI is InChI=1S/C13H19N3O5/c1-13(2,3)21-12(20)16-6-8(17)7-5-14-15(4)9(7)10(16)11(18)19/h5,8,10,17H,6H2,1-4H3,(H,18,19). The number of amides is 1. The monoisotopic (exact) mass is 297 g/mol. The zero-order valence-electron chi connectivity index (χ0n) is 12.4. The van der Waals surface area contributed by atoms with Crippen LogP contribution in [0.3, 0.4) is 0 Å². The highest BCUT2D eigenvalue weighted by molar-refractivity contribution is 5.82. The fourth-order valence-corrected chi connectivity index (χ4v) is 2.34. The molecule has 2 rings (SSSR count). The van der Waals surface area contributed by atoms with Crippen LogP contribution < -0.4 is 0 Å². The summed E-state index contributed by atoms with van der Waals surface area (Å²) in [5.41, 5.74) is -0.0468. The molecule has 8 heteroatoms. The minimum atomic E-state index is -1.23. The highest BCUT2D eigenvalue weighted by atomic mass is 16.6. The average Bonchev–Trinajstić information content (AvgIpc) is 2.69. The van der Waals surface area contributed by atoms with Crippen LogP contribution in [0, 0.1) is 0 Å². The van der Waals surface area contributed by atoms with Gasteiger partial charge in [-0.05, 0) is 20.8 Å². The molecule has 1 aromatic rings. The van der Waals surface area contributed by atoms with E-state index in [1.54, 1.807) is 27.8 Å². The Labute approximate surface area is 121 Å². The normalized spacial score (nSPS) is 21.9. The predicted octanol–water partition coefficient (Wildman–Crippen LogP) is 0.830. The first kappa shape index (κ1) is 15.3. The molecule has 1 aliphatic heterocycles. The Hall–Kier alpha value is -2.09. The van der Waals surface area contributed by atoms with Crippen molar-refractivity contribution in [2.24, 2.45) is 7.05 Å². The highest BCUT2D eigenvalue weighted by Gasteiger charge is 2.43. The highest BCUT2D eigenvalue weighted by Crippen LogP contribution is 2.35. The Morgan fingerprint density at radius 2 is 2.05 bits per heavy atom. The number of carboxylic acids is 1. The van der Waals surface area contributed by atoms with Crippen LogP contribution in [0.4, 0.5) is 4.79 Å². The van der Waals surface area contributed by atoms with E-state index < -0.39 is 29.8 Å². The quantitative estimate of drug-likeness (QED) is 0.795. The first-order valence-corrected chi connectivity index (χ1v) is 6.54. The van der Waals surface area contributed by atoms with Gasteiger partial charge in [0.15, 0.2) is 6.04 Å². The van der Waals surface area contributed by atoms with E-state index in [2.05, 4.69) is 5.10 Å². The van der Waals surface area contributed by atoms with Crippen molar-refractivity contribution < 1.29 is 24.5 Å². The molecule has 2 heterocycles. The minimum Gasteiger partial charge on any atom is -0.479 e. The van der Waals surface area contributed by atoms with Gasteiger partial charge in [0.25, 0.3) is 0 Å². The molecule has 0 saturated heterocycles. The van der Waals surface area contributed by atoms with Crippen LogP contribution in [-0.2, 0) is 16.6 Å². The topological polar surface area (TPSA) is 105 Å². The number of hydrogen-bond donors (Lipinski definition) is 2. The summed E-state index contributed by atoms with van der Waals surface area (Å²) in [4.78, 5) is 24.8. The van der Waals surface area contributed by atoms with Crippen LogP contribution in [0.25, 0.3) is 0 Å². The lowest BCUT2D eigenvalue weighted by Gasteiger charge is -2.36. The predicted molar refractivity (Wildman–Crippen MR) is 71.5 cm³/mol. The summed E-state index contributed by atoms with van der Waals surface area (Å²) in [7, 11) is 1.57. The van der Waals surface area contributed by atoms with Crippen molar-refractivity contribution >= 4 is 12.1 Å². The van der Waals surface area contributed by atoms with Crippen LogP contribution in [0.2, 0.25) is 0 Å². The summed E-state index contributed by atoms with van der Waals surface area (Å²) in [6.07, 6.45) is -0.347. The lowest BCUT2D eigenvalue weighted by molar-refractivity contribution is -0.145. The van der Waals surface area contributed by atoms with E-state index in [1.165, 1.54) is 10.9 Å². The number of carboxylic acid groups (broad SMARTS) is 1. The van der Waals surface area contributed by atoms with Crippen molar-refractivity contribution in [2.45, 2.75) is 38.5 Å². The van der Waals surface area contributed by atoms with Gasteiger partial charge in [-0.15, -0.1) is 0 Å². The number of aliphatic hydroxyl groups is 1. The van der Waals surface area contributed by atoms with Gasteiger partial charge in [0.1, 0.15) is 11.7 Å². The van der Waals surface area contributed by atoms with Gasteiger partial charge in [0.05, 0.1) is 18.4 Å². The number of aliphatic hydroxyl groups excluding tert-OH is 1. The van der Waals surface area contributed by atoms with Crippen LogP contribution in [0.1, 0.15) is 44.2 Å². The average molecular weight is 297 g/mol. The maximum Gasteiger partial charge on any atom is 0.411 e. The number of hydrogen-bond acceptors (Lipinski definition) is 5. The largest absolute Gasteiger partial charge is 0.479 e. The van der Waals surface area contributed by atoms with Gasteiger partial charge in [0, 0.05) is 12.6 Å². The number of rotatable bonds is 1. The molecule has 0 spiro atoms. The molecule has 0 bridgehead atoms. The van der Waals surface area contributed by atoms with Crippen LogP contribution in [-0.4, -0.2) is 49.1 Å². The van der Waals surface area contributed by atoms with Crippen molar-refractivity contribution in [3.05, 3.63) is 17.5 Å².